The van der Waals surface area contributed by atoms with Gasteiger partial charge in [-0.3, -0.25) is 9.00 Å². The van der Waals surface area contributed by atoms with Crippen LogP contribution in [-0.2, 0) is 28.7 Å². The van der Waals surface area contributed by atoms with E-state index < -0.39 is 10.8 Å². The number of nitrogens with one attached hydrogen (secondary N) is 1. The van der Waals surface area contributed by atoms with E-state index in [-0.39, 0.29) is 17.4 Å². The lowest BCUT2D eigenvalue weighted by molar-refractivity contribution is 0.0925. The van der Waals surface area contributed by atoms with Gasteiger partial charge in [0.15, 0.2) is 5.76 Å². The quantitative estimate of drug-likeness (QED) is 0.465. The van der Waals surface area contributed by atoms with Crippen LogP contribution >= 0.6 is 23.4 Å². The predicted molar refractivity (Wildman–Crippen MR) is 120 cm³/mol. The molecule has 2 aromatic carbocycles. The van der Waals surface area contributed by atoms with E-state index in [1.54, 1.807) is 36.0 Å². The molecule has 3 aromatic rings. The molecule has 152 valence electrons. The van der Waals surface area contributed by atoms with Crippen LogP contribution in [0.15, 0.2) is 70.0 Å². The van der Waals surface area contributed by atoms with Gasteiger partial charge >= 0.3 is 0 Å². The zero-order chi connectivity index (χ0) is 20.6. The summed E-state index contributed by atoms with van der Waals surface area (Å²) in [6.45, 7) is 0.522. The van der Waals surface area contributed by atoms with Gasteiger partial charge in [-0.15, -0.1) is 11.8 Å². The highest BCUT2D eigenvalue weighted by Gasteiger charge is 2.13. The summed E-state index contributed by atoms with van der Waals surface area (Å²) in [7, 11) is -1.15. The zero-order valence-electron chi connectivity index (χ0n) is 16.0. The molecule has 4 nitrogen and oxygen atoms in total. The average Bonchev–Trinajstić information content (AvgIpc) is 3.17. The summed E-state index contributed by atoms with van der Waals surface area (Å²) in [5, 5.41) is 3.48. The van der Waals surface area contributed by atoms with E-state index in [9.17, 15) is 9.00 Å². The molecule has 3 rings (SSSR count). The third kappa shape index (κ3) is 6.77. The summed E-state index contributed by atoms with van der Waals surface area (Å²) in [4.78, 5) is 13.5. The van der Waals surface area contributed by atoms with Crippen LogP contribution in [-0.4, -0.2) is 22.9 Å². The minimum absolute atomic E-state index is 0.234. The summed E-state index contributed by atoms with van der Waals surface area (Å²) < 4.78 is 17.9. The van der Waals surface area contributed by atoms with Gasteiger partial charge in [-0.05, 0) is 60.2 Å². The van der Waals surface area contributed by atoms with Crippen molar-refractivity contribution >= 4 is 40.1 Å². The molecule has 0 spiro atoms. The summed E-state index contributed by atoms with van der Waals surface area (Å²) in [6.07, 6.45) is 2.79. The van der Waals surface area contributed by atoms with Crippen molar-refractivity contribution in [3.05, 3.63) is 88.3 Å². The minimum Gasteiger partial charge on any atom is -0.455 e. The van der Waals surface area contributed by atoms with Crippen molar-refractivity contribution in [1.82, 2.24) is 5.32 Å². The predicted octanol–water partition coefficient (Wildman–Crippen LogP) is 5.08. The molecule has 0 aliphatic carbocycles. The smallest absolute Gasteiger partial charge is 0.287 e. The fourth-order valence-corrected chi connectivity index (χ4v) is 4.55. The molecule has 0 aliphatic rings. The number of furan rings is 1. The molecule has 0 radical (unpaired) electrons. The van der Waals surface area contributed by atoms with Crippen molar-refractivity contribution in [2.24, 2.45) is 0 Å². The number of hydrogen-bond donors (Lipinski definition) is 1. The van der Waals surface area contributed by atoms with Crippen LogP contribution in [0.2, 0.25) is 5.02 Å². The molecule has 1 amide bonds. The number of benzene rings is 2. The zero-order valence-corrected chi connectivity index (χ0v) is 18.4. The highest BCUT2D eigenvalue weighted by molar-refractivity contribution is 7.98. The van der Waals surface area contributed by atoms with Gasteiger partial charge in [0.25, 0.3) is 5.91 Å². The number of carbonyl (C=O) groups excluding carboxylic acids is 1. The van der Waals surface area contributed by atoms with Crippen LogP contribution in [0.3, 0.4) is 0 Å². The first-order chi connectivity index (χ1) is 14.0. The molecule has 1 heterocycles. The Bertz CT molecular complexity index is 986. The Balaban J connectivity index is 1.46. The van der Waals surface area contributed by atoms with Crippen molar-refractivity contribution in [3.8, 4) is 0 Å². The summed E-state index contributed by atoms with van der Waals surface area (Å²) in [6, 6.07) is 18.9. The molecule has 29 heavy (non-hydrogen) atoms. The lowest BCUT2D eigenvalue weighted by Crippen LogP contribution is -2.25. The number of rotatable bonds is 9. The van der Waals surface area contributed by atoms with Gasteiger partial charge in [0, 0.05) is 33.0 Å². The first-order valence-electron chi connectivity index (χ1n) is 9.13. The number of hydrogen-bond acceptors (Lipinski definition) is 4. The maximum atomic E-state index is 12.4. The SMILES string of the molecule is CSc1ccc(CCNC(=O)c2ccc(CS(=O)Cc3cccc(Cl)c3)o2)cc1. The lowest BCUT2D eigenvalue weighted by atomic mass is 10.1. The second kappa shape index (κ2) is 10.7. The van der Waals surface area contributed by atoms with Gasteiger partial charge in [-0.2, -0.15) is 0 Å². The van der Waals surface area contributed by atoms with Crippen molar-refractivity contribution in [3.63, 3.8) is 0 Å². The largest absolute Gasteiger partial charge is 0.455 e. The van der Waals surface area contributed by atoms with Gasteiger partial charge in [0.2, 0.25) is 0 Å². The van der Waals surface area contributed by atoms with E-state index in [0.717, 1.165) is 12.0 Å². The average molecular weight is 448 g/mol. The molecule has 1 unspecified atom stereocenters. The van der Waals surface area contributed by atoms with Crippen LogP contribution < -0.4 is 5.32 Å². The van der Waals surface area contributed by atoms with Gasteiger partial charge in [0.1, 0.15) is 5.76 Å². The van der Waals surface area contributed by atoms with Crippen LogP contribution in [0.1, 0.15) is 27.4 Å². The fourth-order valence-electron chi connectivity index (χ4n) is 2.80. The third-order valence-corrected chi connectivity index (χ3v) is 6.50. The number of thioether (sulfide) groups is 1. The normalized spacial score (nSPS) is 11.9. The van der Waals surface area contributed by atoms with Gasteiger partial charge in [-0.1, -0.05) is 35.9 Å². The highest BCUT2D eigenvalue weighted by Crippen LogP contribution is 2.16. The fraction of sp³-hybridized carbons (Fsp3) is 0.227. The van der Waals surface area contributed by atoms with E-state index in [1.807, 2.05) is 18.4 Å². The van der Waals surface area contributed by atoms with E-state index in [1.165, 1.54) is 10.5 Å². The van der Waals surface area contributed by atoms with E-state index in [4.69, 9.17) is 16.0 Å². The maximum Gasteiger partial charge on any atom is 0.287 e. The molecule has 1 atom stereocenters. The Labute approximate surface area is 182 Å². The highest BCUT2D eigenvalue weighted by atomic mass is 35.5. The van der Waals surface area contributed by atoms with E-state index in [2.05, 4.69) is 29.6 Å². The molecule has 1 aromatic heterocycles. The van der Waals surface area contributed by atoms with Crippen LogP contribution in [0, 0.1) is 0 Å². The van der Waals surface area contributed by atoms with Crippen molar-refractivity contribution in [2.45, 2.75) is 22.8 Å². The van der Waals surface area contributed by atoms with Crippen LogP contribution in [0.25, 0.3) is 0 Å². The molecule has 0 fully saturated rings. The van der Waals surface area contributed by atoms with Crippen molar-refractivity contribution in [1.29, 1.82) is 0 Å². The summed E-state index contributed by atoms with van der Waals surface area (Å²) in [5.74, 6) is 1.14. The molecule has 0 bridgehead atoms. The molecule has 0 saturated carbocycles. The Kier molecular flexibility index (Phi) is 7.98. The lowest BCUT2D eigenvalue weighted by Gasteiger charge is -2.05. The summed E-state index contributed by atoms with van der Waals surface area (Å²) in [5.41, 5.74) is 2.07. The maximum absolute atomic E-state index is 12.4. The van der Waals surface area contributed by atoms with Crippen LogP contribution in [0.5, 0.6) is 0 Å². The van der Waals surface area contributed by atoms with E-state index >= 15 is 0 Å². The van der Waals surface area contributed by atoms with Gasteiger partial charge in [-0.25, -0.2) is 0 Å². The molecule has 0 saturated heterocycles. The van der Waals surface area contributed by atoms with Crippen LogP contribution in [0.4, 0.5) is 0 Å². The molecular weight excluding hydrogens is 426 g/mol. The van der Waals surface area contributed by atoms with Gasteiger partial charge < -0.3 is 9.73 Å². The second-order valence-electron chi connectivity index (χ2n) is 6.48. The molecular formula is C22H22ClNO3S2. The summed E-state index contributed by atoms with van der Waals surface area (Å²) >= 11 is 7.66. The minimum atomic E-state index is -1.15. The Morgan fingerprint density at radius 1 is 1.07 bits per heavy atom. The molecule has 1 N–H and O–H groups in total. The van der Waals surface area contributed by atoms with E-state index in [0.29, 0.717) is 23.1 Å². The number of amides is 1. The third-order valence-electron chi connectivity index (χ3n) is 4.26. The first-order valence-corrected chi connectivity index (χ1v) is 12.2. The monoisotopic (exact) mass is 447 g/mol. The van der Waals surface area contributed by atoms with Crippen molar-refractivity contribution < 1.29 is 13.4 Å². The van der Waals surface area contributed by atoms with Gasteiger partial charge in [0.05, 0.1) is 5.75 Å². The number of halogens is 1. The Morgan fingerprint density at radius 2 is 1.86 bits per heavy atom. The standard InChI is InChI=1S/C22H22ClNO3S2/c1-28-20-8-5-16(6-9-20)11-12-24-22(25)21-10-7-19(27-21)15-29(26)14-17-3-2-4-18(23)13-17/h2-10,13H,11-12,14-15H2,1H3,(H,24,25). The Morgan fingerprint density at radius 3 is 2.59 bits per heavy atom. The second-order valence-corrected chi connectivity index (χ2v) is 9.25. The topological polar surface area (TPSA) is 59.3 Å². The molecule has 0 aliphatic heterocycles. The molecule has 7 heteroatoms. The first kappa shape index (κ1) is 21.7. The Hall–Kier alpha value is -2.02. The number of carbonyl (C=O) groups is 1. The van der Waals surface area contributed by atoms with Crippen molar-refractivity contribution in [2.75, 3.05) is 12.8 Å².